The molecule has 0 aliphatic carbocycles. The van der Waals surface area contributed by atoms with Crippen molar-refractivity contribution in [2.24, 2.45) is 11.8 Å². The number of nitrogens with zero attached hydrogens (tertiary/aromatic N) is 3. The second kappa shape index (κ2) is 9.95. The number of hydrogen-bond donors (Lipinski definition) is 2. The van der Waals surface area contributed by atoms with Gasteiger partial charge in [0.25, 0.3) is 5.56 Å². The highest BCUT2D eigenvalue weighted by Crippen LogP contribution is 2.39. The molecule has 0 bridgehead atoms. The Labute approximate surface area is 196 Å². The van der Waals surface area contributed by atoms with Crippen LogP contribution in [0.2, 0.25) is 0 Å². The lowest BCUT2D eigenvalue weighted by molar-refractivity contribution is -0.148. The summed E-state index contributed by atoms with van der Waals surface area (Å²) in [5.41, 5.74) is 0.404. The monoisotopic (exact) mass is 465 g/mol. The van der Waals surface area contributed by atoms with Crippen LogP contribution >= 0.6 is 0 Å². The topological polar surface area (TPSA) is 137 Å². The first kappa shape index (κ1) is 23.3. The molecular weight excluding hydrogens is 438 g/mol. The summed E-state index contributed by atoms with van der Waals surface area (Å²) in [6.07, 6.45) is 1.43. The number of carbonyl (C=O) groups excluding carboxylic acids is 2. The fourth-order valence-corrected chi connectivity index (χ4v) is 4.60. The first-order valence-corrected chi connectivity index (χ1v) is 11.5. The number of piperidine rings is 1. The normalized spacial score (nSPS) is 21.7. The van der Waals surface area contributed by atoms with Crippen molar-refractivity contribution in [1.29, 1.82) is 5.26 Å². The van der Waals surface area contributed by atoms with Crippen molar-refractivity contribution in [1.82, 2.24) is 9.97 Å². The Balaban J connectivity index is 1.73. The van der Waals surface area contributed by atoms with Crippen LogP contribution in [0.1, 0.15) is 43.7 Å². The van der Waals surface area contributed by atoms with Crippen molar-refractivity contribution < 1.29 is 19.1 Å². The number of rotatable bonds is 6. The van der Waals surface area contributed by atoms with Gasteiger partial charge in [0.05, 0.1) is 30.8 Å². The van der Waals surface area contributed by atoms with Crippen LogP contribution in [0, 0.1) is 23.2 Å². The van der Waals surface area contributed by atoms with Gasteiger partial charge in [-0.25, -0.2) is 0 Å². The highest BCUT2D eigenvalue weighted by Gasteiger charge is 2.41. The van der Waals surface area contributed by atoms with Gasteiger partial charge in [0.2, 0.25) is 11.9 Å². The van der Waals surface area contributed by atoms with E-state index in [0.29, 0.717) is 44.0 Å². The van der Waals surface area contributed by atoms with Crippen molar-refractivity contribution in [3.8, 4) is 11.8 Å². The Morgan fingerprint density at radius 3 is 2.85 bits per heavy atom. The van der Waals surface area contributed by atoms with E-state index in [0.717, 1.165) is 6.42 Å². The van der Waals surface area contributed by atoms with Crippen LogP contribution < -0.4 is 20.5 Å². The lowest BCUT2D eigenvalue weighted by atomic mass is 9.79. The molecule has 178 valence electrons. The molecule has 1 aromatic carbocycles. The summed E-state index contributed by atoms with van der Waals surface area (Å²) >= 11 is 0. The third-order valence-electron chi connectivity index (χ3n) is 6.12. The van der Waals surface area contributed by atoms with E-state index in [1.54, 1.807) is 31.2 Å². The Hall–Kier alpha value is -3.87. The Kier molecular flexibility index (Phi) is 6.82. The number of esters is 1. The summed E-state index contributed by atoms with van der Waals surface area (Å²) in [6, 6.07) is 9.08. The minimum Gasteiger partial charge on any atom is -0.494 e. The predicted octanol–water partition coefficient (Wildman–Crippen LogP) is 2.17. The first-order valence-electron chi connectivity index (χ1n) is 11.5. The van der Waals surface area contributed by atoms with Crippen LogP contribution in [-0.2, 0) is 14.3 Å². The highest BCUT2D eigenvalue weighted by atomic mass is 16.5. The second-order valence-corrected chi connectivity index (χ2v) is 8.27. The zero-order chi connectivity index (χ0) is 24.2. The molecule has 34 heavy (non-hydrogen) atoms. The van der Waals surface area contributed by atoms with Gasteiger partial charge in [0, 0.05) is 19.0 Å². The lowest BCUT2D eigenvalue weighted by Crippen LogP contribution is -2.43. The number of nitriles is 1. The Morgan fingerprint density at radius 2 is 2.12 bits per heavy atom. The first-order chi connectivity index (χ1) is 16.5. The van der Waals surface area contributed by atoms with Crippen molar-refractivity contribution >= 4 is 23.6 Å². The molecule has 1 saturated heterocycles. The molecule has 0 saturated carbocycles. The fourth-order valence-electron chi connectivity index (χ4n) is 4.60. The number of aromatic amines is 1. The summed E-state index contributed by atoms with van der Waals surface area (Å²) in [7, 11) is 0. The largest absolute Gasteiger partial charge is 0.494 e. The maximum absolute atomic E-state index is 13.3. The third kappa shape index (κ3) is 4.46. The summed E-state index contributed by atoms with van der Waals surface area (Å²) in [5.74, 6) is -2.02. The molecular formula is C24H27N5O5. The number of nitrogens with one attached hydrogen (secondary N) is 2. The zero-order valence-corrected chi connectivity index (χ0v) is 19.2. The molecule has 1 aromatic heterocycles. The van der Waals surface area contributed by atoms with Gasteiger partial charge >= 0.3 is 5.97 Å². The summed E-state index contributed by atoms with van der Waals surface area (Å²) < 4.78 is 10.7. The van der Waals surface area contributed by atoms with E-state index in [2.05, 4.69) is 15.3 Å². The number of anilines is 2. The summed E-state index contributed by atoms with van der Waals surface area (Å²) in [4.78, 5) is 47.5. The minimum absolute atomic E-state index is 0.125. The molecule has 10 heteroatoms. The number of fused-ring (bicyclic) bond motifs is 1. The number of amides is 1. The predicted molar refractivity (Wildman–Crippen MR) is 124 cm³/mol. The number of benzene rings is 1. The van der Waals surface area contributed by atoms with Gasteiger partial charge < -0.3 is 19.7 Å². The van der Waals surface area contributed by atoms with E-state index in [1.807, 2.05) is 17.9 Å². The molecule has 3 unspecified atom stereocenters. The molecule has 10 nitrogen and oxygen atoms in total. The minimum atomic E-state index is -1.10. The molecule has 1 fully saturated rings. The standard InChI is InChI=1S/C24H27N5O5/c1-3-33-16-9-5-7-14(11-16)18-17(12-25)21(30)26-20-19(18)22(31)28-24(27-20)29-10-6-8-15(13-29)23(32)34-4-2/h5,7,9,11,15,17-18H,3-4,6,8,10,13H2,1-2H3,(H2,26,27,28,30,31). The van der Waals surface area contributed by atoms with Gasteiger partial charge in [0.1, 0.15) is 17.5 Å². The lowest BCUT2D eigenvalue weighted by Gasteiger charge is -2.33. The van der Waals surface area contributed by atoms with E-state index >= 15 is 0 Å². The van der Waals surface area contributed by atoms with Gasteiger partial charge in [-0.3, -0.25) is 19.4 Å². The van der Waals surface area contributed by atoms with E-state index in [9.17, 15) is 19.6 Å². The number of ether oxygens (including phenoxy) is 2. The van der Waals surface area contributed by atoms with Crippen LogP contribution in [0.3, 0.4) is 0 Å². The van der Waals surface area contributed by atoms with Crippen LogP contribution in [0.15, 0.2) is 29.1 Å². The maximum Gasteiger partial charge on any atom is 0.310 e. The molecule has 2 aliphatic rings. The molecule has 1 amide bonds. The zero-order valence-electron chi connectivity index (χ0n) is 19.2. The average Bonchev–Trinajstić information content (AvgIpc) is 2.83. The van der Waals surface area contributed by atoms with Crippen molar-refractivity contribution in [3.63, 3.8) is 0 Å². The van der Waals surface area contributed by atoms with E-state index in [-0.39, 0.29) is 29.2 Å². The quantitative estimate of drug-likeness (QED) is 0.619. The number of carbonyl (C=O) groups is 2. The number of aromatic nitrogens is 2. The molecule has 2 aliphatic heterocycles. The van der Waals surface area contributed by atoms with Crippen molar-refractivity contribution in [2.45, 2.75) is 32.6 Å². The van der Waals surface area contributed by atoms with E-state index in [4.69, 9.17) is 9.47 Å². The van der Waals surface area contributed by atoms with E-state index in [1.165, 1.54) is 0 Å². The van der Waals surface area contributed by atoms with Gasteiger partial charge in [-0.05, 0) is 44.4 Å². The molecule has 2 N–H and O–H groups in total. The molecule has 3 atom stereocenters. The Morgan fingerprint density at radius 1 is 1.29 bits per heavy atom. The molecule has 0 radical (unpaired) electrons. The second-order valence-electron chi connectivity index (χ2n) is 8.27. The van der Waals surface area contributed by atoms with Crippen LogP contribution in [0.4, 0.5) is 11.8 Å². The van der Waals surface area contributed by atoms with Crippen LogP contribution in [-0.4, -0.2) is 48.1 Å². The fraction of sp³-hybridized carbons (Fsp3) is 0.458. The van der Waals surface area contributed by atoms with Crippen LogP contribution in [0.25, 0.3) is 0 Å². The third-order valence-corrected chi connectivity index (χ3v) is 6.12. The van der Waals surface area contributed by atoms with Gasteiger partial charge in [-0.15, -0.1) is 0 Å². The van der Waals surface area contributed by atoms with Crippen molar-refractivity contribution in [2.75, 3.05) is 36.5 Å². The average molecular weight is 466 g/mol. The molecule has 4 rings (SSSR count). The van der Waals surface area contributed by atoms with Gasteiger partial charge in [0.15, 0.2) is 0 Å². The van der Waals surface area contributed by atoms with Crippen molar-refractivity contribution in [3.05, 3.63) is 45.7 Å². The highest BCUT2D eigenvalue weighted by molar-refractivity contribution is 5.98. The molecule has 0 spiro atoms. The Bertz CT molecular complexity index is 1190. The SMILES string of the molecule is CCOC(=O)C1CCCN(c2nc3c(c(=O)[nH]2)C(c2cccc(OCC)c2)C(C#N)C(=O)N3)C1. The molecule has 3 heterocycles. The van der Waals surface area contributed by atoms with Gasteiger partial charge in [-0.1, -0.05) is 12.1 Å². The number of hydrogen-bond acceptors (Lipinski definition) is 8. The van der Waals surface area contributed by atoms with Gasteiger partial charge in [-0.2, -0.15) is 10.2 Å². The van der Waals surface area contributed by atoms with E-state index < -0.39 is 23.3 Å². The number of H-pyrrole nitrogens is 1. The summed E-state index contributed by atoms with van der Waals surface area (Å²) in [6.45, 7) is 5.35. The smallest absolute Gasteiger partial charge is 0.310 e. The van der Waals surface area contributed by atoms with Crippen LogP contribution in [0.5, 0.6) is 5.75 Å². The maximum atomic E-state index is 13.3. The summed E-state index contributed by atoms with van der Waals surface area (Å²) in [5, 5.41) is 12.4. The molecule has 2 aromatic rings.